The van der Waals surface area contributed by atoms with E-state index in [0.717, 1.165) is 0 Å². The van der Waals surface area contributed by atoms with Gasteiger partial charge < -0.3 is 4.74 Å². The molecule has 1 aromatic heterocycles. The number of nitriles is 1. The number of hydrogen-bond donors (Lipinski definition) is 0. The van der Waals surface area contributed by atoms with E-state index >= 15 is 0 Å². The van der Waals surface area contributed by atoms with Crippen molar-refractivity contribution in [2.45, 2.75) is 26.4 Å². The van der Waals surface area contributed by atoms with Crippen molar-refractivity contribution in [3.05, 3.63) is 29.6 Å². The normalized spacial score (nSPS) is 10.5. The first-order valence-electron chi connectivity index (χ1n) is 4.52. The van der Waals surface area contributed by atoms with Crippen LogP contribution in [0.4, 0.5) is 0 Å². The zero-order valence-corrected chi connectivity index (χ0v) is 8.94. The molecule has 0 spiro atoms. The molecule has 0 unspecified atom stereocenters. The first-order chi connectivity index (χ1) is 6.94. The van der Waals surface area contributed by atoms with Crippen LogP contribution in [0.5, 0.6) is 0 Å². The molecule has 0 saturated carbocycles. The minimum Gasteiger partial charge on any atom is -0.456 e. The van der Waals surface area contributed by atoms with Gasteiger partial charge in [0.1, 0.15) is 11.7 Å². The van der Waals surface area contributed by atoms with Crippen molar-refractivity contribution >= 4 is 5.97 Å². The fourth-order valence-electron chi connectivity index (χ4n) is 0.992. The molecule has 0 amide bonds. The maximum Gasteiger partial charge on any atom is 0.341 e. The smallest absolute Gasteiger partial charge is 0.341 e. The fraction of sp³-hybridized carbons (Fsp3) is 0.364. The Morgan fingerprint density at radius 1 is 1.53 bits per heavy atom. The summed E-state index contributed by atoms with van der Waals surface area (Å²) in [5.74, 6) is -0.521. The number of nitrogens with zero attached hydrogens (tertiary/aromatic N) is 2. The molecule has 1 rings (SSSR count). The number of esters is 1. The first-order valence-corrected chi connectivity index (χ1v) is 4.52. The summed E-state index contributed by atoms with van der Waals surface area (Å²) in [6.45, 7) is 5.31. The highest BCUT2D eigenvalue weighted by molar-refractivity contribution is 5.91. The van der Waals surface area contributed by atoms with Crippen LogP contribution >= 0.6 is 0 Å². The lowest BCUT2D eigenvalue weighted by atomic mass is 10.1. The monoisotopic (exact) mass is 204 g/mol. The number of carbonyl (C=O) groups excluding carboxylic acids is 1. The van der Waals surface area contributed by atoms with Gasteiger partial charge in [-0.1, -0.05) is 0 Å². The Labute approximate surface area is 88.5 Å². The maximum atomic E-state index is 11.6. The molecule has 4 heteroatoms. The van der Waals surface area contributed by atoms with Gasteiger partial charge in [-0.3, -0.25) is 0 Å². The van der Waals surface area contributed by atoms with Gasteiger partial charge in [0.05, 0.1) is 5.56 Å². The molecule has 0 atom stereocenters. The van der Waals surface area contributed by atoms with Gasteiger partial charge in [-0.2, -0.15) is 5.26 Å². The van der Waals surface area contributed by atoms with Gasteiger partial charge in [-0.15, -0.1) is 0 Å². The van der Waals surface area contributed by atoms with Crippen LogP contribution in [0.2, 0.25) is 0 Å². The second-order valence-electron chi connectivity index (χ2n) is 4.01. The molecule has 0 aliphatic rings. The Morgan fingerprint density at radius 2 is 2.20 bits per heavy atom. The summed E-state index contributed by atoms with van der Waals surface area (Å²) in [6.07, 6.45) is 1.46. The molecule has 1 heterocycles. The summed E-state index contributed by atoms with van der Waals surface area (Å²) in [4.78, 5) is 15.4. The van der Waals surface area contributed by atoms with Gasteiger partial charge in [0, 0.05) is 6.20 Å². The molecule has 0 aliphatic heterocycles. The zero-order chi connectivity index (χ0) is 11.5. The summed E-state index contributed by atoms with van der Waals surface area (Å²) in [6, 6.07) is 4.98. The van der Waals surface area contributed by atoms with Crippen molar-refractivity contribution in [1.29, 1.82) is 5.26 Å². The molecule has 15 heavy (non-hydrogen) atoms. The molecule has 0 N–H and O–H groups in total. The fourth-order valence-corrected chi connectivity index (χ4v) is 0.992. The van der Waals surface area contributed by atoms with E-state index in [9.17, 15) is 4.79 Å². The van der Waals surface area contributed by atoms with Crippen LogP contribution in [-0.4, -0.2) is 16.6 Å². The highest BCUT2D eigenvalue weighted by atomic mass is 16.6. The van der Waals surface area contributed by atoms with E-state index in [-0.39, 0.29) is 11.3 Å². The highest BCUT2D eigenvalue weighted by Gasteiger charge is 2.20. The molecule has 0 fully saturated rings. The molecule has 78 valence electrons. The van der Waals surface area contributed by atoms with E-state index in [0.29, 0.717) is 0 Å². The van der Waals surface area contributed by atoms with Crippen LogP contribution in [0, 0.1) is 11.3 Å². The van der Waals surface area contributed by atoms with Crippen molar-refractivity contribution in [2.24, 2.45) is 0 Å². The van der Waals surface area contributed by atoms with Gasteiger partial charge in [0.15, 0.2) is 5.69 Å². The van der Waals surface area contributed by atoms with E-state index in [1.54, 1.807) is 26.8 Å². The van der Waals surface area contributed by atoms with Gasteiger partial charge in [-0.05, 0) is 32.9 Å². The summed E-state index contributed by atoms with van der Waals surface area (Å²) in [5.41, 5.74) is -0.277. The topological polar surface area (TPSA) is 63.0 Å². The van der Waals surface area contributed by atoms with Gasteiger partial charge in [-0.25, -0.2) is 9.78 Å². The second-order valence-corrected chi connectivity index (χ2v) is 4.01. The highest BCUT2D eigenvalue weighted by Crippen LogP contribution is 2.13. The Morgan fingerprint density at radius 3 is 2.73 bits per heavy atom. The molecule has 0 radical (unpaired) electrons. The Balaban J connectivity index is 2.98. The third kappa shape index (κ3) is 3.06. The largest absolute Gasteiger partial charge is 0.456 e. The SMILES string of the molecule is CC(C)(C)OC(=O)c1cccnc1C#N. The minimum atomic E-state index is -0.570. The molecule has 0 aromatic carbocycles. The minimum absolute atomic E-state index is 0.0896. The van der Waals surface area contributed by atoms with Gasteiger partial charge >= 0.3 is 5.97 Å². The first kappa shape index (κ1) is 11.2. The summed E-state index contributed by atoms with van der Waals surface area (Å²) >= 11 is 0. The summed E-state index contributed by atoms with van der Waals surface area (Å²) in [5, 5.41) is 8.75. The van der Waals surface area contributed by atoms with Crippen molar-refractivity contribution in [1.82, 2.24) is 4.98 Å². The third-order valence-corrected chi connectivity index (χ3v) is 1.53. The van der Waals surface area contributed by atoms with E-state index in [1.165, 1.54) is 12.3 Å². The van der Waals surface area contributed by atoms with Gasteiger partial charge in [0.25, 0.3) is 0 Å². The average molecular weight is 204 g/mol. The number of hydrogen-bond acceptors (Lipinski definition) is 4. The average Bonchev–Trinajstić information content (AvgIpc) is 2.15. The van der Waals surface area contributed by atoms with Crippen LogP contribution in [-0.2, 0) is 4.74 Å². The Kier molecular flexibility index (Phi) is 3.05. The third-order valence-electron chi connectivity index (χ3n) is 1.53. The van der Waals surface area contributed by atoms with Crippen LogP contribution in [0.3, 0.4) is 0 Å². The molecule has 1 aromatic rings. The van der Waals surface area contributed by atoms with Crippen LogP contribution < -0.4 is 0 Å². The zero-order valence-electron chi connectivity index (χ0n) is 8.94. The molecular formula is C11H12N2O2. The van der Waals surface area contributed by atoms with E-state index < -0.39 is 11.6 Å². The van der Waals surface area contributed by atoms with Crippen molar-refractivity contribution in [3.63, 3.8) is 0 Å². The number of rotatable bonds is 1. The van der Waals surface area contributed by atoms with Crippen molar-refractivity contribution in [2.75, 3.05) is 0 Å². The lowest BCUT2D eigenvalue weighted by Gasteiger charge is -2.19. The van der Waals surface area contributed by atoms with E-state index in [1.807, 2.05) is 6.07 Å². The van der Waals surface area contributed by atoms with E-state index in [4.69, 9.17) is 10.00 Å². The summed E-state index contributed by atoms with van der Waals surface area (Å²) in [7, 11) is 0. The predicted octanol–water partition coefficient (Wildman–Crippen LogP) is 1.91. The van der Waals surface area contributed by atoms with Crippen LogP contribution in [0.1, 0.15) is 36.8 Å². The van der Waals surface area contributed by atoms with Crippen molar-refractivity contribution in [3.8, 4) is 6.07 Å². The Bertz CT molecular complexity index is 413. The molecule has 0 saturated heterocycles. The molecule has 4 nitrogen and oxygen atoms in total. The summed E-state index contributed by atoms with van der Waals surface area (Å²) < 4.78 is 5.14. The molecular weight excluding hydrogens is 192 g/mol. The van der Waals surface area contributed by atoms with Gasteiger partial charge in [0.2, 0.25) is 0 Å². The predicted molar refractivity (Wildman–Crippen MR) is 54.1 cm³/mol. The number of aromatic nitrogens is 1. The standard InChI is InChI=1S/C11H12N2O2/c1-11(2,3)15-10(14)8-5-4-6-13-9(8)7-12/h4-6H,1-3H3. The second kappa shape index (κ2) is 4.09. The molecule has 0 bridgehead atoms. The lowest BCUT2D eigenvalue weighted by molar-refractivity contribution is 0.00687. The lowest BCUT2D eigenvalue weighted by Crippen LogP contribution is -2.24. The Hall–Kier alpha value is -1.89. The number of pyridine rings is 1. The van der Waals surface area contributed by atoms with Crippen LogP contribution in [0.25, 0.3) is 0 Å². The number of carbonyl (C=O) groups is 1. The maximum absolute atomic E-state index is 11.6. The van der Waals surface area contributed by atoms with E-state index in [2.05, 4.69) is 4.98 Å². The van der Waals surface area contributed by atoms with Crippen LogP contribution in [0.15, 0.2) is 18.3 Å². The van der Waals surface area contributed by atoms with Crippen molar-refractivity contribution < 1.29 is 9.53 Å². The molecule has 0 aliphatic carbocycles. The quantitative estimate of drug-likeness (QED) is 0.655. The number of ether oxygens (including phenoxy) is 1.